The number of nitriles is 1. The third-order valence-electron chi connectivity index (χ3n) is 3.10. The molecule has 0 aliphatic carbocycles. The van der Waals surface area contributed by atoms with Crippen LogP contribution in [0.25, 0.3) is 10.8 Å². The van der Waals surface area contributed by atoms with Gasteiger partial charge in [-0.2, -0.15) is 5.26 Å². The summed E-state index contributed by atoms with van der Waals surface area (Å²) in [5.41, 5.74) is 1.52. The number of nitrogens with zero attached hydrogens (tertiary/aromatic N) is 2. The van der Waals surface area contributed by atoms with Crippen molar-refractivity contribution >= 4 is 10.8 Å². The molecule has 3 heteroatoms. The molecular weight excluding hydrogens is 248 g/mol. The highest BCUT2D eigenvalue weighted by Gasteiger charge is 2.07. The minimum absolute atomic E-state index is 0.424. The fraction of sp³-hybridized carbons (Fsp3) is 0.0588. The summed E-state index contributed by atoms with van der Waals surface area (Å²) >= 11 is 0. The summed E-state index contributed by atoms with van der Waals surface area (Å²) < 4.78 is 5.83. The maximum atomic E-state index is 9.08. The smallest absolute Gasteiger partial charge is 0.148 e. The van der Waals surface area contributed by atoms with Crippen LogP contribution < -0.4 is 4.74 Å². The number of aromatic nitrogens is 1. The molecular formula is C17H12N2O. The summed E-state index contributed by atoms with van der Waals surface area (Å²) in [6.45, 7) is 0.485. The highest BCUT2D eigenvalue weighted by atomic mass is 16.5. The molecule has 1 aromatic heterocycles. The SMILES string of the molecule is N#Cc1ncc(OCc2ccccc2)c2ccccc12. The molecule has 3 rings (SSSR count). The highest BCUT2D eigenvalue weighted by molar-refractivity contribution is 5.91. The Labute approximate surface area is 117 Å². The van der Waals surface area contributed by atoms with E-state index in [2.05, 4.69) is 11.1 Å². The Morgan fingerprint density at radius 1 is 0.950 bits per heavy atom. The van der Waals surface area contributed by atoms with Crippen molar-refractivity contribution in [1.82, 2.24) is 4.98 Å². The third kappa shape index (κ3) is 2.32. The second-order valence-corrected chi connectivity index (χ2v) is 4.40. The quantitative estimate of drug-likeness (QED) is 0.721. The molecule has 0 amide bonds. The lowest BCUT2D eigenvalue weighted by atomic mass is 10.1. The van der Waals surface area contributed by atoms with Gasteiger partial charge in [0.1, 0.15) is 24.1 Å². The lowest BCUT2D eigenvalue weighted by Gasteiger charge is -2.09. The van der Waals surface area contributed by atoms with E-state index in [9.17, 15) is 0 Å². The van der Waals surface area contributed by atoms with Crippen LogP contribution in [0.4, 0.5) is 0 Å². The fourth-order valence-electron chi connectivity index (χ4n) is 2.11. The van der Waals surface area contributed by atoms with Crippen LogP contribution in [0.15, 0.2) is 60.8 Å². The van der Waals surface area contributed by atoms with Crippen molar-refractivity contribution in [2.24, 2.45) is 0 Å². The monoisotopic (exact) mass is 260 g/mol. The summed E-state index contributed by atoms with van der Waals surface area (Å²) in [5, 5.41) is 10.8. The van der Waals surface area contributed by atoms with Crippen molar-refractivity contribution in [3.8, 4) is 11.8 Å². The average molecular weight is 260 g/mol. The Kier molecular flexibility index (Phi) is 3.30. The average Bonchev–Trinajstić information content (AvgIpc) is 2.53. The zero-order valence-corrected chi connectivity index (χ0v) is 10.8. The topological polar surface area (TPSA) is 45.9 Å². The van der Waals surface area contributed by atoms with Gasteiger partial charge in [-0.05, 0) is 5.56 Å². The van der Waals surface area contributed by atoms with Gasteiger partial charge in [-0.15, -0.1) is 0 Å². The molecule has 2 aromatic carbocycles. The van der Waals surface area contributed by atoms with E-state index in [0.29, 0.717) is 18.1 Å². The number of fused-ring (bicyclic) bond motifs is 1. The first kappa shape index (κ1) is 12.2. The number of benzene rings is 2. The number of pyridine rings is 1. The second kappa shape index (κ2) is 5.41. The van der Waals surface area contributed by atoms with E-state index in [1.165, 1.54) is 0 Å². The normalized spacial score (nSPS) is 10.2. The van der Waals surface area contributed by atoms with Gasteiger partial charge in [0.15, 0.2) is 0 Å². The Morgan fingerprint density at radius 3 is 2.40 bits per heavy atom. The van der Waals surface area contributed by atoms with Crippen molar-refractivity contribution in [3.63, 3.8) is 0 Å². The number of hydrogen-bond donors (Lipinski definition) is 0. The predicted octanol–water partition coefficient (Wildman–Crippen LogP) is 3.69. The number of hydrogen-bond acceptors (Lipinski definition) is 3. The van der Waals surface area contributed by atoms with E-state index in [4.69, 9.17) is 10.00 Å². The Hall–Kier alpha value is -2.86. The molecule has 3 aromatic rings. The molecule has 0 bridgehead atoms. The molecule has 0 spiro atoms. The number of ether oxygens (including phenoxy) is 1. The Morgan fingerprint density at radius 2 is 1.65 bits per heavy atom. The van der Waals surface area contributed by atoms with Gasteiger partial charge in [-0.25, -0.2) is 4.98 Å². The van der Waals surface area contributed by atoms with Gasteiger partial charge < -0.3 is 4.74 Å². The Bertz CT molecular complexity index is 776. The molecule has 0 saturated carbocycles. The van der Waals surface area contributed by atoms with Crippen LogP contribution >= 0.6 is 0 Å². The standard InChI is InChI=1S/C17H12N2O/c18-10-16-14-8-4-5-9-15(14)17(11-19-16)20-12-13-6-2-1-3-7-13/h1-9,11H,12H2. The second-order valence-electron chi connectivity index (χ2n) is 4.40. The van der Waals surface area contributed by atoms with Gasteiger partial charge in [0.05, 0.1) is 6.20 Å². The van der Waals surface area contributed by atoms with Gasteiger partial charge >= 0.3 is 0 Å². The predicted molar refractivity (Wildman–Crippen MR) is 77.2 cm³/mol. The summed E-state index contributed by atoms with van der Waals surface area (Å²) in [7, 11) is 0. The molecule has 0 atom stereocenters. The molecule has 3 nitrogen and oxygen atoms in total. The van der Waals surface area contributed by atoms with Crippen LogP contribution in [0.5, 0.6) is 5.75 Å². The molecule has 0 aliphatic heterocycles. The van der Waals surface area contributed by atoms with E-state index in [1.54, 1.807) is 6.20 Å². The van der Waals surface area contributed by atoms with E-state index >= 15 is 0 Å². The number of rotatable bonds is 3. The lowest BCUT2D eigenvalue weighted by molar-refractivity contribution is 0.309. The maximum Gasteiger partial charge on any atom is 0.148 e. The zero-order chi connectivity index (χ0) is 13.8. The van der Waals surface area contributed by atoms with E-state index < -0.39 is 0 Å². The summed E-state index contributed by atoms with van der Waals surface area (Å²) in [6.07, 6.45) is 1.61. The van der Waals surface area contributed by atoms with Crippen LogP contribution in [0.1, 0.15) is 11.3 Å². The molecule has 20 heavy (non-hydrogen) atoms. The van der Waals surface area contributed by atoms with Crippen molar-refractivity contribution in [2.75, 3.05) is 0 Å². The zero-order valence-electron chi connectivity index (χ0n) is 10.8. The van der Waals surface area contributed by atoms with Crippen LogP contribution in [0, 0.1) is 11.3 Å². The van der Waals surface area contributed by atoms with Crippen LogP contribution in [-0.4, -0.2) is 4.98 Å². The molecule has 0 fully saturated rings. The largest absolute Gasteiger partial charge is 0.487 e. The van der Waals surface area contributed by atoms with Crippen molar-refractivity contribution in [3.05, 3.63) is 72.1 Å². The fourth-order valence-corrected chi connectivity index (χ4v) is 2.11. The van der Waals surface area contributed by atoms with Gasteiger partial charge in [0.2, 0.25) is 0 Å². The summed E-state index contributed by atoms with van der Waals surface area (Å²) in [5.74, 6) is 0.698. The van der Waals surface area contributed by atoms with Crippen molar-refractivity contribution in [1.29, 1.82) is 5.26 Å². The van der Waals surface area contributed by atoms with Gasteiger partial charge in [-0.1, -0.05) is 54.6 Å². The molecule has 0 radical (unpaired) electrons. The first-order valence-electron chi connectivity index (χ1n) is 6.33. The molecule has 0 unspecified atom stereocenters. The molecule has 96 valence electrons. The van der Waals surface area contributed by atoms with E-state index in [-0.39, 0.29) is 0 Å². The summed E-state index contributed by atoms with van der Waals surface area (Å²) in [6, 6.07) is 19.7. The lowest BCUT2D eigenvalue weighted by Crippen LogP contribution is -1.97. The van der Waals surface area contributed by atoms with Crippen molar-refractivity contribution in [2.45, 2.75) is 6.61 Å². The summed E-state index contributed by atoms with van der Waals surface area (Å²) in [4.78, 5) is 4.15. The van der Waals surface area contributed by atoms with Crippen LogP contribution in [0.2, 0.25) is 0 Å². The minimum Gasteiger partial charge on any atom is -0.487 e. The van der Waals surface area contributed by atoms with E-state index in [1.807, 2.05) is 54.6 Å². The first-order valence-corrected chi connectivity index (χ1v) is 6.33. The minimum atomic E-state index is 0.424. The van der Waals surface area contributed by atoms with Gasteiger partial charge in [0, 0.05) is 10.8 Å². The molecule has 1 heterocycles. The van der Waals surface area contributed by atoms with Gasteiger partial charge in [0.25, 0.3) is 0 Å². The third-order valence-corrected chi connectivity index (χ3v) is 3.10. The van der Waals surface area contributed by atoms with Crippen LogP contribution in [-0.2, 0) is 6.61 Å². The van der Waals surface area contributed by atoms with Gasteiger partial charge in [-0.3, -0.25) is 0 Å². The van der Waals surface area contributed by atoms with Crippen molar-refractivity contribution < 1.29 is 4.74 Å². The Balaban J connectivity index is 1.95. The molecule has 0 N–H and O–H groups in total. The van der Waals surface area contributed by atoms with Crippen LogP contribution in [0.3, 0.4) is 0 Å². The first-order chi connectivity index (χ1) is 9.88. The highest BCUT2D eigenvalue weighted by Crippen LogP contribution is 2.27. The molecule has 0 saturated heterocycles. The van der Waals surface area contributed by atoms with E-state index in [0.717, 1.165) is 16.3 Å². The maximum absolute atomic E-state index is 9.08. The molecule has 0 aliphatic rings.